The maximum Gasteiger partial charge on any atom is 0.233 e. The molecular formula is C8H13NOS. The normalized spacial score (nSPS) is 13.4. The molecular weight excluding hydrogens is 158 g/mol. The van der Waals surface area contributed by atoms with E-state index in [0.29, 0.717) is 0 Å². The highest BCUT2D eigenvalue weighted by Crippen LogP contribution is 2.01. The maximum atomic E-state index is 11.0. The first kappa shape index (κ1) is 10.4. The van der Waals surface area contributed by atoms with Crippen molar-refractivity contribution in [2.45, 2.75) is 31.6 Å². The van der Waals surface area contributed by atoms with Crippen molar-refractivity contribution in [1.82, 2.24) is 5.32 Å². The van der Waals surface area contributed by atoms with Gasteiger partial charge in [0.15, 0.2) is 0 Å². The first-order valence-corrected chi connectivity index (χ1v) is 3.88. The van der Waals surface area contributed by atoms with Crippen molar-refractivity contribution in [3.63, 3.8) is 0 Å². The summed E-state index contributed by atoms with van der Waals surface area (Å²) in [6.45, 7) is 5.23. The zero-order chi connectivity index (χ0) is 9.07. The molecule has 0 aromatic carbocycles. The lowest BCUT2D eigenvalue weighted by Crippen LogP contribution is -2.44. The number of hydrogen-bond donors (Lipinski definition) is 2. The molecule has 1 atom stereocenters. The lowest BCUT2D eigenvalue weighted by atomic mass is 10.1. The molecule has 0 radical (unpaired) electrons. The molecule has 0 spiro atoms. The summed E-state index contributed by atoms with van der Waals surface area (Å²) < 4.78 is 0. The number of rotatable bonds is 2. The largest absolute Gasteiger partial charge is 0.339 e. The molecule has 2 nitrogen and oxygen atoms in total. The van der Waals surface area contributed by atoms with E-state index in [1.807, 2.05) is 0 Å². The van der Waals surface area contributed by atoms with E-state index in [4.69, 9.17) is 6.42 Å². The summed E-state index contributed by atoms with van der Waals surface area (Å²) in [7, 11) is 0. The van der Waals surface area contributed by atoms with Crippen molar-refractivity contribution in [2.24, 2.45) is 0 Å². The molecule has 0 aliphatic rings. The van der Waals surface area contributed by atoms with Crippen LogP contribution in [0.25, 0.3) is 0 Å². The quantitative estimate of drug-likeness (QED) is 0.468. The van der Waals surface area contributed by atoms with Crippen LogP contribution in [0.5, 0.6) is 0 Å². The Morgan fingerprint density at radius 1 is 1.73 bits per heavy atom. The van der Waals surface area contributed by atoms with E-state index in [1.54, 1.807) is 20.8 Å². The number of carbonyl (C=O) groups excluding carboxylic acids is 1. The minimum absolute atomic E-state index is 0.142. The molecule has 1 amide bonds. The van der Waals surface area contributed by atoms with Gasteiger partial charge < -0.3 is 5.32 Å². The fourth-order valence-electron chi connectivity index (χ4n) is 0.449. The Kier molecular flexibility index (Phi) is 3.47. The van der Waals surface area contributed by atoms with Gasteiger partial charge in [-0.15, -0.1) is 6.42 Å². The summed E-state index contributed by atoms with van der Waals surface area (Å²) in [5, 5.41) is 2.34. The van der Waals surface area contributed by atoms with Gasteiger partial charge in [-0.05, 0) is 20.8 Å². The van der Waals surface area contributed by atoms with Crippen molar-refractivity contribution in [3.05, 3.63) is 0 Å². The van der Waals surface area contributed by atoms with Gasteiger partial charge in [0.1, 0.15) is 0 Å². The highest BCUT2D eigenvalue weighted by molar-refractivity contribution is 7.81. The van der Waals surface area contributed by atoms with Crippen LogP contribution in [-0.2, 0) is 4.79 Å². The van der Waals surface area contributed by atoms with Crippen LogP contribution in [0, 0.1) is 12.3 Å². The third-order valence-corrected chi connectivity index (χ3v) is 1.41. The average Bonchev–Trinajstić information content (AvgIpc) is 1.87. The molecule has 3 heteroatoms. The Labute approximate surface area is 73.2 Å². The smallest absolute Gasteiger partial charge is 0.233 e. The van der Waals surface area contributed by atoms with Crippen molar-refractivity contribution in [1.29, 1.82) is 0 Å². The summed E-state index contributed by atoms with van der Waals surface area (Å²) >= 11 is 3.96. The summed E-state index contributed by atoms with van der Waals surface area (Å²) in [5.74, 6) is 2.32. The Balaban J connectivity index is 4.08. The molecule has 0 aliphatic carbocycles. The molecule has 0 aromatic heterocycles. The zero-order valence-electron chi connectivity index (χ0n) is 7.01. The molecule has 0 bridgehead atoms. The third-order valence-electron chi connectivity index (χ3n) is 1.18. The zero-order valence-corrected chi connectivity index (χ0v) is 7.90. The molecule has 0 rings (SSSR count). The topological polar surface area (TPSA) is 29.1 Å². The van der Waals surface area contributed by atoms with Gasteiger partial charge in [-0.25, -0.2) is 0 Å². The van der Waals surface area contributed by atoms with Crippen molar-refractivity contribution >= 4 is 18.5 Å². The molecule has 0 saturated carbocycles. The van der Waals surface area contributed by atoms with Crippen LogP contribution in [0.2, 0.25) is 0 Å². The summed E-state index contributed by atoms with van der Waals surface area (Å²) in [4.78, 5) is 11.0. The van der Waals surface area contributed by atoms with E-state index in [1.165, 1.54) is 0 Å². The third kappa shape index (κ3) is 3.94. The summed E-state index contributed by atoms with van der Waals surface area (Å²) in [5.41, 5.74) is -0.575. The number of hydrogen-bond acceptors (Lipinski definition) is 2. The number of carbonyl (C=O) groups is 1. The van der Waals surface area contributed by atoms with E-state index >= 15 is 0 Å². The van der Waals surface area contributed by atoms with Crippen LogP contribution < -0.4 is 5.32 Å². The SMILES string of the molecule is C#CC(C)(C)NC(=O)C(C)S. The van der Waals surface area contributed by atoms with Gasteiger partial charge in [0, 0.05) is 0 Å². The fourth-order valence-corrected chi connectivity index (χ4v) is 0.513. The molecule has 0 aromatic rings. The van der Waals surface area contributed by atoms with Gasteiger partial charge >= 0.3 is 0 Å². The molecule has 62 valence electrons. The van der Waals surface area contributed by atoms with Crippen LogP contribution >= 0.6 is 12.6 Å². The predicted molar refractivity (Wildman–Crippen MR) is 49.5 cm³/mol. The second-order valence-corrected chi connectivity index (χ2v) is 3.71. The van der Waals surface area contributed by atoms with Crippen molar-refractivity contribution in [3.8, 4) is 12.3 Å². The number of thiol groups is 1. The van der Waals surface area contributed by atoms with Crippen LogP contribution in [0.15, 0.2) is 0 Å². The molecule has 1 N–H and O–H groups in total. The predicted octanol–water partition coefficient (Wildman–Crippen LogP) is 0.833. The number of terminal acetylenes is 1. The van der Waals surface area contributed by atoms with Gasteiger partial charge in [-0.3, -0.25) is 4.79 Å². The van der Waals surface area contributed by atoms with Gasteiger partial charge in [0.2, 0.25) is 5.91 Å². The van der Waals surface area contributed by atoms with Crippen LogP contribution in [0.4, 0.5) is 0 Å². The van der Waals surface area contributed by atoms with E-state index in [-0.39, 0.29) is 11.2 Å². The molecule has 0 heterocycles. The molecule has 0 saturated heterocycles. The van der Waals surface area contributed by atoms with Crippen molar-refractivity contribution < 1.29 is 4.79 Å². The number of amides is 1. The minimum atomic E-state index is -0.575. The van der Waals surface area contributed by atoms with E-state index < -0.39 is 5.54 Å². The fraction of sp³-hybridized carbons (Fsp3) is 0.625. The lowest BCUT2D eigenvalue weighted by Gasteiger charge is -2.20. The molecule has 0 fully saturated rings. The van der Waals surface area contributed by atoms with E-state index in [2.05, 4.69) is 23.9 Å². The average molecular weight is 171 g/mol. The summed E-state index contributed by atoms with van der Waals surface area (Å²) in [6.07, 6.45) is 5.17. The van der Waals surface area contributed by atoms with Gasteiger partial charge in [0.25, 0.3) is 0 Å². The molecule has 0 aliphatic heterocycles. The Bertz CT molecular complexity index is 191. The van der Waals surface area contributed by atoms with Gasteiger partial charge in [-0.2, -0.15) is 12.6 Å². The highest BCUT2D eigenvalue weighted by Gasteiger charge is 2.18. The Hall–Kier alpha value is -0.620. The minimum Gasteiger partial charge on any atom is -0.339 e. The van der Waals surface area contributed by atoms with Gasteiger partial charge in [0.05, 0.1) is 10.8 Å². The standard InChI is InChI=1S/C8H13NOS/c1-5-8(3,4)9-7(10)6(2)11/h1,6,11H,2-4H3,(H,9,10). The van der Waals surface area contributed by atoms with E-state index in [0.717, 1.165) is 0 Å². The Morgan fingerprint density at radius 3 is 2.45 bits per heavy atom. The second-order valence-electron chi connectivity index (χ2n) is 2.93. The second kappa shape index (κ2) is 3.68. The summed E-state index contributed by atoms with van der Waals surface area (Å²) in [6, 6.07) is 0. The van der Waals surface area contributed by atoms with Gasteiger partial charge in [-0.1, -0.05) is 5.92 Å². The highest BCUT2D eigenvalue weighted by atomic mass is 32.1. The van der Waals surface area contributed by atoms with Crippen LogP contribution in [0.3, 0.4) is 0 Å². The van der Waals surface area contributed by atoms with Crippen LogP contribution in [0.1, 0.15) is 20.8 Å². The first-order chi connectivity index (χ1) is 4.89. The van der Waals surface area contributed by atoms with Crippen LogP contribution in [-0.4, -0.2) is 16.7 Å². The Morgan fingerprint density at radius 2 is 2.18 bits per heavy atom. The maximum absolute atomic E-state index is 11.0. The number of nitrogens with one attached hydrogen (secondary N) is 1. The lowest BCUT2D eigenvalue weighted by molar-refractivity contribution is -0.121. The molecule has 1 unspecified atom stereocenters. The monoisotopic (exact) mass is 171 g/mol. The van der Waals surface area contributed by atoms with E-state index in [9.17, 15) is 4.79 Å². The first-order valence-electron chi connectivity index (χ1n) is 3.37. The van der Waals surface area contributed by atoms with Crippen molar-refractivity contribution in [2.75, 3.05) is 0 Å². The molecule has 11 heavy (non-hydrogen) atoms.